The Kier molecular flexibility index (Phi) is 6.47. The highest BCUT2D eigenvalue weighted by atomic mass is 79.9. The van der Waals surface area contributed by atoms with Gasteiger partial charge in [-0.15, -0.1) is 0 Å². The van der Waals surface area contributed by atoms with Crippen LogP contribution in [0.4, 0.5) is 0 Å². The molecule has 16 heavy (non-hydrogen) atoms. The monoisotopic (exact) mass is 301 g/mol. The normalized spacial score (nSPS) is 14.8. The van der Waals surface area contributed by atoms with E-state index in [1.54, 1.807) is 0 Å². The molecule has 0 radical (unpaired) electrons. The van der Waals surface area contributed by atoms with Gasteiger partial charge in [-0.3, -0.25) is 0 Å². The highest BCUT2D eigenvalue weighted by molar-refractivity contribution is 9.10. The lowest BCUT2D eigenvalue weighted by Crippen LogP contribution is -2.29. The fourth-order valence-corrected chi connectivity index (χ4v) is 2.68. The fourth-order valence-electron chi connectivity index (χ4n) is 1.68. The largest absolute Gasteiger partial charge is 0.308 e. The molecule has 0 spiro atoms. The summed E-state index contributed by atoms with van der Waals surface area (Å²) in [7, 11) is 0. The van der Waals surface area contributed by atoms with Gasteiger partial charge in [0.15, 0.2) is 0 Å². The van der Waals surface area contributed by atoms with Gasteiger partial charge in [0, 0.05) is 16.6 Å². The summed E-state index contributed by atoms with van der Waals surface area (Å²) in [6.07, 6.45) is 3.38. The molecular weight excluding hydrogens is 282 g/mol. The molecule has 0 bridgehead atoms. The van der Waals surface area contributed by atoms with Crippen molar-refractivity contribution in [2.75, 3.05) is 12.0 Å². The molecule has 0 aliphatic rings. The molecule has 0 amide bonds. The van der Waals surface area contributed by atoms with Gasteiger partial charge in [-0.1, -0.05) is 28.1 Å². The maximum Gasteiger partial charge on any atom is 0.0294 e. The van der Waals surface area contributed by atoms with Crippen LogP contribution in [-0.4, -0.2) is 18.1 Å². The first-order valence-corrected chi connectivity index (χ1v) is 7.82. The van der Waals surface area contributed by atoms with Crippen LogP contribution < -0.4 is 5.32 Å². The smallest absolute Gasteiger partial charge is 0.0294 e. The van der Waals surface area contributed by atoms with Crippen LogP contribution in [0, 0.1) is 0 Å². The van der Waals surface area contributed by atoms with E-state index in [2.05, 4.69) is 65.6 Å². The average Bonchev–Trinajstić information content (AvgIpc) is 2.26. The fraction of sp³-hybridized carbons (Fsp3) is 0.538. The van der Waals surface area contributed by atoms with Gasteiger partial charge < -0.3 is 5.32 Å². The molecule has 2 unspecified atom stereocenters. The van der Waals surface area contributed by atoms with E-state index in [0.717, 1.165) is 4.47 Å². The van der Waals surface area contributed by atoms with Gasteiger partial charge in [-0.05, 0) is 50.0 Å². The molecule has 1 N–H and O–H groups in total. The summed E-state index contributed by atoms with van der Waals surface area (Å²) < 4.78 is 1.15. The van der Waals surface area contributed by atoms with Gasteiger partial charge in [0.1, 0.15) is 0 Å². The predicted octanol–water partition coefficient (Wildman–Crippen LogP) is 4.24. The summed E-state index contributed by atoms with van der Waals surface area (Å²) in [5, 5.41) is 3.62. The minimum atomic E-state index is 0.411. The molecule has 0 saturated heterocycles. The number of thioether (sulfide) groups is 1. The molecule has 0 heterocycles. The second kappa shape index (κ2) is 7.36. The van der Waals surface area contributed by atoms with Crippen LogP contribution >= 0.6 is 27.7 Å². The minimum absolute atomic E-state index is 0.411. The molecule has 0 aliphatic carbocycles. The maximum absolute atomic E-state index is 3.62. The third-order valence-corrected chi connectivity index (χ3v) is 3.78. The lowest BCUT2D eigenvalue weighted by Gasteiger charge is -2.20. The lowest BCUT2D eigenvalue weighted by atomic mass is 10.1. The summed E-state index contributed by atoms with van der Waals surface area (Å²) in [5.74, 6) is 1.22. The Morgan fingerprint density at radius 3 is 2.75 bits per heavy atom. The standard InChI is InChI=1S/C13H20BrNS/c1-10(7-8-16-3)15-11(2)12-5-4-6-13(14)9-12/h4-6,9-11,15H,7-8H2,1-3H3. The van der Waals surface area contributed by atoms with E-state index in [1.165, 1.54) is 17.7 Å². The molecule has 1 aromatic rings. The highest BCUT2D eigenvalue weighted by Crippen LogP contribution is 2.18. The summed E-state index contributed by atoms with van der Waals surface area (Å²) >= 11 is 5.42. The molecule has 1 nitrogen and oxygen atoms in total. The van der Waals surface area contributed by atoms with Crippen LogP contribution in [0.25, 0.3) is 0 Å². The number of hydrogen-bond acceptors (Lipinski definition) is 2. The Balaban J connectivity index is 2.48. The van der Waals surface area contributed by atoms with Gasteiger partial charge in [0.25, 0.3) is 0 Å². The first kappa shape index (κ1) is 14.1. The molecule has 3 heteroatoms. The topological polar surface area (TPSA) is 12.0 Å². The second-order valence-electron chi connectivity index (χ2n) is 4.13. The SMILES string of the molecule is CSCCC(C)NC(C)c1cccc(Br)c1. The number of benzene rings is 1. The summed E-state index contributed by atoms with van der Waals surface area (Å²) in [6.45, 7) is 4.47. The Labute approximate surface area is 112 Å². The highest BCUT2D eigenvalue weighted by Gasteiger charge is 2.09. The van der Waals surface area contributed by atoms with Crippen LogP contribution in [0.5, 0.6) is 0 Å². The molecule has 90 valence electrons. The Morgan fingerprint density at radius 2 is 2.12 bits per heavy atom. The second-order valence-corrected chi connectivity index (χ2v) is 6.03. The Bertz CT molecular complexity index is 317. The van der Waals surface area contributed by atoms with E-state index in [-0.39, 0.29) is 0 Å². The quantitative estimate of drug-likeness (QED) is 0.843. The van der Waals surface area contributed by atoms with Crippen LogP contribution in [0.2, 0.25) is 0 Å². The van der Waals surface area contributed by atoms with E-state index < -0.39 is 0 Å². The maximum atomic E-state index is 3.62. The van der Waals surface area contributed by atoms with E-state index in [0.29, 0.717) is 12.1 Å². The van der Waals surface area contributed by atoms with Gasteiger partial charge in [0.05, 0.1) is 0 Å². The predicted molar refractivity (Wildman–Crippen MR) is 78.2 cm³/mol. The van der Waals surface area contributed by atoms with Crippen molar-refractivity contribution >= 4 is 27.7 Å². The molecule has 0 saturated carbocycles. The van der Waals surface area contributed by atoms with Crippen molar-refractivity contribution in [2.45, 2.75) is 32.4 Å². The third-order valence-electron chi connectivity index (χ3n) is 2.64. The first-order chi connectivity index (χ1) is 7.63. The third kappa shape index (κ3) is 4.89. The van der Waals surface area contributed by atoms with E-state index in [4.69, 9.17) is 0 Å². The number of nitrogens with one attached hydrogen (secondary N) is 1. The van der Waals surface area contributed by atoms with Crippen LogP contribution in [0.3, 0.4) is 0 Å². The molecular formula is C13H20BrNS. The van der Waals surface area contributed by atoms with Gasteiger partial charge in [-0.25, -0.2) is 0 Å². The summed E-state index contributed by atoms with van der Waals surface area (Å²) in [5.41, 5.74) is 1.34. The van der Waals surface area contributed by atoms with Crippen LogP contribution in [0.1, 0.15) is 31.9 Å². The van der Waals surface area contributed by atoms with Crippen molar-refractivity contribution in [1.82, 2.24) is 5.32 Å². The van der Waals surface area contributed by atoms with Crippen LogP contribution in [-0.2, 0) is 0 Å². The zero-order valence-electron chi connectivity index (χ0n) is 10.2. The molecule has 2 atom stereocenters. The zero-order chi connectivity index (χ0) is 12.0. The molecule has 1 rings (SSSR count). The van der Waals surface area contributed by atoms with Crippen molar-refractivity contribution in [3.05, 3.63) is 34.3 Å². The summed E-state index contributed by atoms with van der Waals surface area (Å²) in [4.78, 5) is 0. The van der Waals surface area contributed by atoms with E-state index in [1.807, 2.05) is 11.8 Å². The molecule has 0 fully saturated rings. The lowest BCUT2D eigenvalue weighted by molar-refractivity contribution is 0.471. The number of rotatable bonds is 6. The first-order valence-electron chi connectivity index (χ1n) is 5.64. The van der Waals surface area contributed by atoms with E-state index >= 15 is 0 Å². The van der Waals surface area contributed by atoms with Crippen molar-refractivity contribution < 1.29 is 0 Å². The van der Waals surface area contributed by atoms with Crippen molar-refractivity contribution in [3.63, 3.8) is 0 Å². The molecule has 0 aromatic heterocycles. The van der Waals surface area contributed by atoms with Gasteiger partial charge in [0.2, 0.25) is 0 Å². The van der Waals surface area contributed by atoms with Crippen molar-refractivity contribution in [3.8, 4) is 0 Å². The zero-order valence-corrected chi connectivity index (χ0v) is 12.6. The molecule has 1 aromatic carbocycles. The number of halogens is 1. The molecule has 0 aliphatic heterocycles. The van der Waals surface area contributed by atoms with Crippen LogP contribution in [0.15, 0.2) is 28.7 Å². The van der Waals surface area contributed by atoms with E-state index in [9.17, 15) is 0 Å². The van der Waals surface area contributed by atoms with Gasteiger partial charge in [-0.2, -0.15) is 11.8 Å². The average molecular weight is 302 g/mol. The minimum Gasteiger partial charge on any atom is -0.308 e. The Morgan fingerprint density at radius 1 is 1.38 bits per heavy atom. The summed E-state index contributed by atoms with van der Waals surface area (Å²) in [6, 6.07) is 9.48. The van der Waals surface area contributed by atoms with Gasteiger partial charge >= 0.3 is 0 Å². The van der Waals surface area contributed by atoms with Crippen molar-refractivity contribution in [2.24, 2.45) is 0 Å². The van der Waals surface area contributed by atoms with Crippen molar-refractivity contribution in [1.29, 1.82) is 0 Å². The Hall–Kier alpha value is 0.01000. The number of hydrogen-bond donors (Lipinski definition) is 1.